The Labute approximate surface area is 284 Å². The quantitative estimate of drug-likeness (QED) is 0.0589. The summed E-state index contributed by atoms with van der Waals surface area (Å²) >= 11 is 0. The molecule has 0 N–H and O–H groups in total. The van der Waals surface area contributed by atoms with Crippen LogP contribution in [0.15, 0.2) is 121 Å². The minimum absolute atomic E-state index is 0.239. The maximum atomic E-state index is 11.7. The number of ether oxygens (including phenoxy) is 8. The van der Waals surface area contributed by atoms with E-state index in [1.807, 2.05) is 84.9 Å². The van der Waals surface area contributed by atoms with Crippen molar-refractivity contribution in [3.63, 3.8) is 0 Å². The van der Waals surface area contributed by atoms with Crippen molar-refractivity contribution in [3.8, 4) is 34.5 Å². The van der Waals surface area contributed by atoms with Gasteiger partial charge < -0.3 is 37.9 Å². The van der Waals surface area contributed by atoms with E-state index in [1.165, 1.54) is 0 Å². The summed E-state index contributed by atoms with van der Waals surface area (Å²) in [7, 11) is 0. The van der Waals surface area contributed by atoms with Crippen LogP contribution in [-0.4, -0.2) is 38.0 Å². The molecule has 0 aromatic heterocycles. The molecule has 2 aliphatic rings. The zero-order chi connectivity index (χ0) is 33.3. The Hall–Kier alpha value is -5.51. The van der Waals surface area contributed by atoms with Crippen molar-refractivity contribution in [2.24, 2.45) is 0 Å². The molecule has 2 atom stereocenters. The molecule has 2 fully saturated rings. The molecule has 250 valence electrons. The van der Waals surface area contributed by atoms with E-state index in [1.54, 1.807) is 24.3 Å². The van der Waals surface area contributed by atoms with Crippen LogP contribution in [0.4, 0.5) is 0 Å². The van der Waals surface area contributed by atoms with Crippen molar-refractivity contribution >= 4 is 5.97 Å². The van der Waals surface area contributed by atoms with Crippen LogP contribution in [0.1, 0.15) is 22.3 Å². The van der Waals surface area contributed by atoms with Crippen LogP contribution in [0.5, 0.6) is 34.5 Å². The number of hydrogen-bond acceptors (Lipinski definition) is 9. The largest absolute Gasteiger partial charge is 0.491 e. The second-order valence-corrected chi connectivity index (χ2v) is 11.7. The Morgan fingerprint density at radius 2 is 0.755 bits per heavy atom. The first-order chi connectivity index (χ1) is 24.1. The number of benzene rings is 5. The molecule has 0 spiro atoms. The summed E-state index contributed by atoms with van der Waals surface area (Å²) in [5, 5.41) is 0. The van der Waals surface area contributed by atoms with Crippen molar-refractivity contribution in [2.75, 3.05) is 19.8 Å². The van der Waals surface area contributed by atoms with E-state index >= 15 is 0 Å². The molecule has 2 heterocycles. The summed E-state index contributed by atoms with van der Waals surface area (Å²) in [5.74, 6) is 3.92. The normalized spacial score (nSPS) is 15.9. The van der Waals surface area contributed by atoms with Gasteiger partial charge in [-0.15, -0.1) is 0 Å². The van der Waals surface area contributed by atoms with Gasteiger partial charge in [-0.3, -0.25) is 0 Å². The molecule has 2 saturated heterocycles. The Balaban J connectivity index is 0.789. The monoisotopic (exact) mass is 660 g/mol. The molecule has 9 nitrogen and oxygen atoms in total. The fourth-order valence-electron chi connectivity index (χ4n) is 4.72. The second kappa shape index (κ2) is 15.6. The van der Waals surface area contributed by atoms with E-state index in [9.17, 15) is 4.79 Å². The average molecular weight is 661 g/mol. The number of carbonyl (C=O) groups is 1. The Kier molecular flexibility index (Phi) is 10.2. The number of rotatable bonds is 17. The van der Waals surface area contributed by atoms with Gasteiger partial charge in [-0.05, 0) is 95.1 Å². The smallest absolute Gasteiger partial charge is 0.343 e. The summed E-state index contributed by atoms with van der Waals surface area (Å²) < 4.78 is 44.8. The first-order valence-electron chi connectivity index (χ1n) is 16.2. The molecule has 0 radical (unpaired) electrons. The third kappa shape index (κ3) is 9.99. The molecule has 0 bridgehead atoms. The number of esters is 1. The van der Waals surface area contributed by atoms with E-state index in [0.717, 1.165) is 51.9 Å². The molecule has 49 heavy (non-hydrogen) atoms. The van der Waals surface area contributed by atoms with Crippen LogP contribution in [0.2, 0.25) is 0 Å². The summed E-state index contributed by atoms with van der Waals surface area (Å²) in [5.41, 5.74) is 4.22. The molecule has 2 unspecified atom stereocenters. The molecule has 7 rings (SSSR count). The predicted octanol–water partition coefficient (Wildman–Crippen LogP) is 7.08. The molecule has 5 aromatic carbocycles. The SMILES string of the molecule is O=C(Oc1ccc(OCc2ccc(COc3ccc(OCc4ccc(COc5ccc(OCC6CO6)cc5)cc4)cc3)cc2)cc1)C1CO1. The highest BCUT2D eigenvalue weighted by Gasteiger charge is 2.33. The highest BCUT2D eigenvalue weighted by atomic mass is 16.6. The number of epoxide rings is 2. The van der Waals surface area contributed by atoms with Gasteiger partial charge in [0.25, 0.3) is 0 Å². The van der Waals surface area contributed by atoms with E-state index in [4.69, 9.17) is 37.9 Å². The van der Waals surface area contributed by atoms with Gasteiger partial charge in [0.2, 0.25) is 0 Å². The van der Waals surface area contributed by atoms with Crippen molar-refractivity contribution in [1.29, 1.82) is 0 Å². The fourth-order valence-corrected chi connectivity index (χ4v) is 4.72. The lowest BCUT2D eigenvalue weighted by molar-refractivity contribution is -0.135. The molecule has 2 aliphatic heterocycles. The lowest BCUT2D eigenvalue weighted by Crippen LogP contribution is -2.14. The van der Waals surface area contributed by atoms with E-state index in [0.29, 0.717) is 51.1 Å². The zero-order valence-corrected chi connectivity index (χ0v) is 26.8. The summed E-state index contributed by atoms with van der Waals surface area (Å²) in [6, 6.07) is 38.5. The minimum Gasteiger partial charge on any atom is -0.491 e. The third-order valence-corrected chi connectivity index (χ3v) is 7.79. The fraction of sp³-hybridized carbons (Fsp3) is 0.225. The van der Waals surface area contributed by atoms with Crippen LogP contribution in [0.25, 0.3) is 0 Å². The Morgan fingerprint density at radius 3 is 1.06 bits per heavy atom. The van der Waals surface area contributed by atoms with E-state index in [-0.39, 0.29) is 12.1 Å². The van der Waals surface area contributed by atoms with Gasteiger partial charge in [-0.2, -0.15) is 0 Å². The zero-order valence-electron chi connectivity index (χ0n) is 26.8. The molecular weight excluding hydrogens is 624 g/mol. The summed E-state index contributed by atoms with van der Waals surface area (Å²) in [6.07, 6.45) is -0.189. The first-order valence-corrected chi connectivity index (χ1v) is 16.2. The molecule has 0 amide bonds. The van der Waals surface area contributed by atoms with Gasteiger partial charge in [0, 0.05) is 0 Å². The van der Waals surface area contributed by atoms with E-state index in [2.05, 4.69) is 12.1 Å². The highest BCUT2D eigenvalue weighted by Crippen LogP contribution is 2.24. The van der Waals surface area contributed by atoms with Crippen LogP contribution >= 0.6 is 0 Å². The van der Waals surface area contributed by atoms with Crippen LogP contribution in [0.3, 0.4) is 0 Å². The lowest BCUT2D eigenvalue weighted by Gasteiger charge is -2.11. The van der Waals surface area contributed by atoms with Gasteiger partial charge in [0.05, 0.1) is 13.2 Å². The maximum absolute atomic E-state index is 11.7. The third-order valence-electron chi connectivity index (χ3n) is 7.79. The molecule has 0 aliphatic carbocycles. The topological polar surface area (TPSA) is 97.5 Å². The molecule has 5 aromatic rings. The van der Waals surface area contributed by atoms with Gasteiger partial charge >= 0.3 is 5.97 Å². The second-order valence-electron chi connectivity index (χ2n) is 11.7. The Bertz CT molecular complexity index is 1780. The Morgan fingerprint density at radius 1 is 0.449 bits per heavy atom. The van der Waals surface area contributed by atoms with Crippen LogP contribution in [0, 0.1) is 0 Å². The summed E-state index contributed by atoms with van der Waals surface area (Å²) in [6.45, 7) is 3.59. The minimum atomic E-state index is -0.428. The molecule has 9 heteroatoms. The predicted molar refractivity (Wildman–Crippen MR) is 180 cm³/mol. The van der Waals surface area contributed by atoms with Crippen LogP contribution < -0.4 is 28.4 Å². The lowest BCUT2D eigenvalue weighted by atomic mass is 10.1. The van der Waals surface area contributed by atoms with Crippen molar-refractivity contribution in [2.45, 2.75) is 38.6 Å². The highest BCUT2D eigenvalue weighted by molar-refractivity contribution is 5.79. The van der Waals surface area contributed by atoms with Gasteiger partial charge in [-0.25, -0.2) is 4.79 Å². The first kappa shape index (κ1) is 32.1. The number of carbonyl (C=O) groups excluding carboxylic acids is 1. The van der Waals surface area contributed by atoms with E-state index < -0.39 is 6.10 Å². The standard InChI is InChI=1S/C40H36O9/c41-40(39-27-48-39)49-37-19-17-35(18-20-37)45-24-31-7-5-29(6-8-31)22-43-33-11-9-32(10-12-33)42-21-28-1-3-30(4-2-28)23-44-34-13-15-36(16-14-34)46-25-38-26-47-38/h1-20,38-39H,21-27H2. The molecule has 0 saturated carbocycles. The molecular formula is C40H36O9. The van der Waals surface area contributed by atoms with Gasteiger partial charge in [0.15, 0.2) is 6.10 Å². The number of hydrogen-bond donors (Lipinski definition) is 0. The summed E-state index contributed by atoms with van der Waals surface area (Å²) in [4.78, 5) is 11.7. The van der Waals surface area contributed by atoms with Crippen molar-refractivity contribution < 1.29 is 42.7 Å². The maximum Gasteiger partial charge on any atom is 0.343 e. The van der Waals surface area contributed by atoms with Crippen molar-refractivity contribution in [1.82, 2.24) is 0 Å². The van der Waals surface area contributed by atoms with Gasteiger partial charge in [0.1, 0.15) is 73.6 Å². The average Bonchev–Trinajstić information content (AvgIpc) is 4.08. The van der Waals surface area contributed by atoms with Crippen LogP contribution in [-0.2, 0) is 40.7 Å². The van der Waals surface area contributed by atoms with Gasteiger partial charge in [-0.1, -0.05) is 48.5 Å². The van der Waals surface area contributed by atoms with Crippen molar-refractivity contribution in [3.05, 3.63) is 144 Å².